The van der Waals surface area contributed by atoms with Gasteiger partial charge >= 0.3 is 0 Å². The minimum atomic E-state index is -0.810. The van der Waals surface area contributed by atoms with Crippen LogP contribution in [-0.4, -0.2) is 22.4 Å². The maximum absolute atomic E-state index is 10.1. The first kappa shape index (κ1) is 17.9. The first-order chi connectivity index (χ1) is 8.68. The van der Waals surface area contributed by atoms with E-state index in [4.69, 9.17) is 0 Å². The van der Waals surface area contributed by atoms with Crippen molar-refractivity contribution in [2.24, 2.45) is 0 Å². The Morgan fingerprint density at radius 3 is 1.61 bits per heavy atom. The standard InChI is InChI=1S/C16H34O2/c1-3-5-6-7-8-9-10-11-12-14-16(18,15-17)13-4-2/h17-18H,3-15H2,1-2H3. The van der Waals surface area contributed by atoms with Gasteiger partial charge in [0.2, 0.25) is 0 Å². The van der Waals surface area contributed by atoms with E-state index in [1.807, 2.05) is 0 Å². The van der Waals surface area contributed by atoms with Gasteiger partial charge in [0.15, 0.2) is 0 Å². The Kier molecular flexibility index (Phi) is 11.9. The van der Waals surface area contributed by atoms with Crippen LogP contribution in [-0.2, 0) is 0 Å². The summed E-state index contributed by atoms with van der Waals surface area (Å²) in [6.07, 6.45) is 14.1. The van der Waals surface area contributed by atoms with Crippen molar-refractivity contribution in [2.75, 3.05) is 6.61 Å². The Hall–Kier alpha value is -0.0800. The second-order valence-electron chi connectivity index (χ2n) is 5.71. The molecule has 0 radical (unpaired) electrons. The molecule has 0 fully saturated rings. The monoisotopic (exact) mass is 258 g/mol. The summed E-state index contributed by atoms with van der Waals surface area (Å²) in [4.78, 5) is 0. The maximum atomic E-state index is 10.1. The van der Waals surface area contributed by atoms with E-state index in [-0.39, 0.29) is 6.61 Å². The van der Waals surface area contributed by atoms with E-state index in [0.717, 1.165) is 25.7 Å². The summed E-state index contributed by atoms with van der Waals surface area (Å²) in [5, 5.41) is 19.3. The zero-order valence-electron chi connectivity index (χ0n) is 12.6. The van der Waals surface area contributed by atoms with Crippen LogP contribution in [0.15, 0.2) is 0 Å². The lowest BCUT2D eigenvalue weighted by Crippen LogP contribution is -2.32. The van der Waals surface area contributed by atoms with E-state index < -0.39 is 5.60 Å². The number of rotatable bonds is 13. The Balaban J connectivity index is 3.33. The molecule has 0 amide bonds. The molecule has 0 aromatic carbocycles. The molecule has 0 rings (SSSR count). The summed E-state index contributed by atoms with van der Waals surface area (Å²) in [5.41, 5.74) is -0.810. The highest BCUT2D eigenvalue weighted by atomic mass is 16.3. The van der Waals surface area contributed by atoms with Crippen LogP contribution in [0.5, 0.6) is 0 Å². The second kappa shape index (κ2) is 12.0. The molecule has 2 heteroatoms. The molecule has 0 aliphatic carbocycles. The SMILES string of the molecule is CCCCCCCCCCCC(O)(CO)CCC. The molecule has 0 aliphatic rings. The van der Waals surface area contributed by atoms with Crippen molar-refractivity contribution in [1.82, 2.24) is 0 Å². The van der Waals surface area contributed by atoms with Crippen LogP contribution < -0.4 is 0 Å². The first-order valence-corrected chi connectivity index (χ1v) is 8.01. The molecule has 110 valence electrons. The Bertz CT molecular complexity index is 170. The third-order valence-corrected chi connectivity index (χ3v) is 3.76. The van der Waals surface area contributed by atoms with Crippen LogP contribution >= 0.6 is 0 Å². The fourth-order valence-corrected chi connectivity index (χ4v) is 2.51. The molecule has 2 N–H and O–H groups in total. The molecule has 0 saturated heterocycles. The average molecular weight is 258 g/mol. The smallest absolute Gasteiger partial charge is 0.0877 e. The minimum absolute atomic E-state index is 0.0855. The quantitative estimate of drug-likeness (QED) is 0.480. The van der Waals surface area contributed by atoms with Gasteiger partial charge < -0.3 is 10.2 Å². The van der Waals surface area contributed by atoms with Crippen LogP contribution in [0.2, 0.25) is 0 Å². The second-order valence-corrected chi connectivity index (χ2v) is 5.71. The summed E-state index contributed by atoms with van der Waals surface area (Å²) in [6, 6.07) is 0. The molecule has 1 unspecified atom stereocenters. The van der Waals surface area contributed by atoms with Gasteiger partial charge in [0.25, 0.3) is 0 Å². The molecule has 0 aliphatic heterocycles. The highest BCUT2D eigenvalue weighted by molar-refractivity contribution is 4.76. The van der Waals surface area contributed by atoms with Crippen molar-refractivity contribution >= 4 is 0 Å². The van der Waals surface area contributed by atoms with Crippen molar-refractivity contribution in [3.05, 3.63) is 0 Å². The molecule has 0 aromatic rings. The first-order valence-electron chi connectivity index (χ1n) is 8.01. The summed E-state index contributed by atoms with van der Waals surface area (Å²) >= 11 is 0. The zero-order valence-corrected chi connectivity index (χ0v) is 12.6. The van der Waals surface area contributed by atoms with Gasteiger partial charge in [-0.25, -0.2) is 0 Å². The Labute approximate surface area is 114 Å². The lowest BCUT2D eigenvalue weighted by Gasteiger charge is -2.25. The number of unbranched alkanes of at least 4 members (excludes halogenated alkanes) is 8. The minimum Gasteiger partial charge on any atom is -0.393 e. The van der Waals surface area contributed by atoms with Gasteiger partial charge in [0.1, 0.15) is 0 Å². The third-order valence-electron chi connectivity index (χ3n) is 3.76. The molecule has 0 heterocycles. The predicted octanol–water partition coefficient (Wildman–Crippen LogP) is 4.43. The van der Waals surface area contributed by atoms with Crippen molar-refractivity contribution < 1.29 is 10.2 Å². The van der Waals surface area contributed by atoms with E-state index in [1.165, 1.54) is 51.4 Å². The molecule has 0 bridgehead atoms. The summed E-state index contributed by atoms with van der Waals surface area (Å²) in [7, 11) is 0. The van der Waals surface area contributed by atoms with Gasteiger partial charge in [-0.2, -0.15) is 0 Å². The predicted molar refractivity (Wildman–Crippen MR) is 78.8 cm³/mol. The van der Waals surface area contributed by atoms with E-state index in [1.54, 1.807) is 0 Å². The fourth-order valence-electron chi connectivity index (χ4n) is 2.51. The molecular formula is C16H34O2. The van der Waals surface area contributed by atoms with E-state index in [0.29, 0.717) is 0 Å². The molecule has 0 aromatic heterocycles. The zero-order chi connectivity index (χ0) is 13.7. The topological polar surface area (TPSA) is 40.5 Å². The van der Waals surface area contributed by atoms with Gasteiger partial charge in [-0.15, -0.1) is 0 Å². The summed E-state index contributed by atoms with van der Waals surface area (Å²) in [5.74, 6) is 0. The van der Waals surface area contributed by atoms with Crippen molar-refractivity contribution in [1.29, 1.82) is 0 Å². The summed E-state index contributed by atoms with van der Waals surface area (Å²) in [6.45, 7) is 4.22. The average Bonchev–Trinajstić information content (AvgIpc) is 2.37. The van der Waals surface area contributed by atoms with Crippen molar-refractivity contribution in [3.8, 4) is 0 Å². The third kappa shape index (κ3) is 9.90. The van der Waals surface area contributed by atoms with Gasteiger partial charge in [-0.05, 0) is 12.8 Å². The van der Waals surface area contributed by atoms with E-state index in [2.05, 4.69) is 13.8 Å². The summed E-state index contributed by atoms with van der Waals surface area (Å²) < 4.78 is 0. The van der Waals surface area contributed by atoms with Crippen LogP contribution in [0, 0.1) is 0 Å². The molecule has 2 nitrogen and oxygen atoms in total. The molecular weight excluding hydrogens is 224 g/mol. The number of aliphatic hydroxyl groups excluding tert-OH is 1. The lowest BCUT2D eigenvalue weighted by molar-refractivity contribution is -0.0301. The normalized spacial score (nSPS) is 14.7. The molecule has 0 saturated carbocycles. The van der Waals surface area contributed by atoms with Crippen LogP contribution in [0.25, 0.3) is 0 Å². The van der Waals surface area contributed by atoms with Gasteiger partial charge in [0, 0.05) is 0 Å². The lowest BCUT2D eigenvalue weighted by atomic mass is 9.92. The highest BCUT2D eigenvalue weighted by Crippen LogP contribution is 2.21. The van der Waals surface area contributed by atoms with Gasteiger partial charge in [0.05, 0.1) is 12.2 Å². The molecule has 0 spiro atoms. The van der Waals surface area contributed by atoms with Crippen LogP contribution in [0.3, 0.4) is 0 Å². The molecule has 1 atom stereocenters. The Morgan fingerprint density at radius 2 is 1.17 bits per heavy atom. The number of hydrogen-bond donors (Lipinski definition) is 2. The van der Waals surface area contributed by atoms with Gasteiger partial charge in [-0.1, -0.05) is 78.1 Å². The van der Waals surface area contributed by atoms with Crippen LogP contribution in [0.1, 0.15) is 90.9 Å². The highest BCUT2D eigenvalue weighted by Gasteiger charge is 2.23. The fraction of sp³-hybridized carbons (Fsp3) is 1.00. The largest absolute Gasteiger partial charge is 0.393 e. The maximum Gasteiger partial charge on any atom is 0.0877 e. The number of aliphatic hydroxyl groups is 2. The van der Waals surface area contributed by atoms with Gasteiger partial charge in [-0.3, -0.25) is 0 Å². The van der Waals surface area contributed by atoms with Crippen molar-refractivity contribution in [2.45, 2.75) is 96.5 Å². The van der Waals surface area contributed by atoms with Crippen LogP contribution in [0.4, 0.5) is 0 Å². The van der Waals surface area contributed by atoms with E-state index in [9.17, 15) is 10.2 Å². The number of hydrogen-bond acceptors (Lipinski definition) is 2. The van der Waals surface area contributed by atoms with E-state index >= 15 is 0 Å². The molecule has 18 heavy (non-hydrogen) atoms. The van der Waals surface area contributed by atoms with Crippen molar-refractivity contribution in [3.63, 3.8) is 0 Å². The Morgan fingerprint density at radius 1 is 0.667 bits per heavy atom.